The molecule has 2 aliphatic rings. The molecule has 0 radical (unpaired) electrons. The Morgan fingerprint density at radius 2 is 1.82 bits per heavy atom. The van der Waals surface area contributed by atoms with Crippen LogP contribution in [-0.4, -0.2) is 73.0 Å². The summed E-state index contributed by atoms with van der Waals surface area (Å²) in [7, 11) is 3.08. The highest BCUT2D eigenvalue weighted by atomic mass is 16.5. The number of rotatable bonds is 9. The number of fused-ring (bicyclic) bond motifs is 1. The van der Waals surface area contributed by atoms with Gasteiger partial charge in [0, 0.05) is 44.2 Å². The zero-order valence-corrected chi connectivity index (χ0v) is 20.3. The maximum Gasteiger partial charge on any atom is 0.261 e. The minimum Gasteiger partial charge on any atom is -0.493 e. The lowest BCUT2D eigenvalue weighted by Crippen LogP contribution is -2.59. The molecule has 2 aromatic rings. The van der Waals surface area contributed by atoms with Gasteiger partial charge < -0.3 is 19.5 Å². The van der Waals surface area contributed by atoms with E-state index in [2.05, 4.69) is 15.2 Å². The van der Waals surface area contributed by atoms with Crippen molar-refractivity contribution in [3.8, 4) is 11.5 Å². The number of benzene rings is 1. The van der Waals surface area contributed by atoms with Crippen LogP contribution in [0.5, 0.6) is 11.5 Å². The van der Waals surface area contributed by atoms with Crippen molar-refractivity contribution in [3.05, 3.63) is 28.8 Å². The van der Waals surface area contributed by atoms with Crippen molar-refractivity contribution in [3.63, 3.8) is 0 Å². The van der Waals surface area contributed by atoms with Gasteiger partial charge in [-0.05, 0) is 25.3 Å². The maximum atomic E-state index is 12.9. The number of carbonyl (C=O) groups is 1. The van der Waals surface area contributed by atoms with Crippen LogP contribution in [0.15, 0.2) is 23.3 Å². The van der Waals surface area contributed by atoms with Gasteiger partial charge in [-0.1, -0.05) is 19.3 Å². The number of methoxy groups -OCH3 is 2. The summed E-state index contributed by atoms with van der Waals surface area (Å²) in [4.78, 5) is 32.5. The van der Waals surface area contributed by atoms with Crippen molar-refractivity contribution in [2.75, 3.05) is 47.1 Å². The summed E-state index contributed by atoms with van der Waals surface area (Å²) >= 11 is 0. The van der Waals surface area contributed by atoms with Gasteiger partial charge in [-0.25, -0.2) is 4.98 Å². The van der Waals surface area contributed by atoms with E-state index in [0.717, 1.165) is 39.1 Å². The summed E-state index contributed by atoms with van der Waals surface area (Å²) in [5.74, 6) is 1.05. The van der Waals surface area contributed by atoms with Gasteiger partial charge in [-0.2, -0.15) is 0 Å². The average Bonchev–Trinajstić information content (AvgIpc) is 2.89. The first-order chi connectivity index (χ1) is 16.6. The van der Waals surface area contributed by atoms with Crippen LogP contribution in [-0.2, 0) is 16.1 Å². The van der Waals surface area contributed by atoms with E-state index in [9.17, 15) is 9.59 Å². The third kappa shape index (κ3) is 5.36. The number of nitrogens with one attached hydrogen (secondary N) is 1. The Morgan fingerprint density at radius 3 is 2.53 bits per heavy atom. The van der Waals surface area contributed by atoms with Gasteiger partial charge in [-0.15, -0.1) is 0 Å². The summed E-state index contributed by atoms with van der Waals surface area (Å²) in [6.07, 6.45) is 8.41. The predicted octanol–water partition coefficient (Wildman–Crippen LogP) is 2.35. The highest BCUT2D eigenvalue weighted by molar-refractivity contribution is 5.81. The first-order valence-corrected chi connectivity index (χ1v) is 12.3. The molecule has 9 nitrogen and oxygen atoms in total. The van der Waals surface area contributed by atoms with Crippen LogP contribution < -0.4 is 20.3 Å². The van der Waals surface area contributed by atoms with Gasteiger partial charge in [0.2, 0.25) is 5.91 Å². The number of aryl methyl sites for hydroxylation is 1. The monoisotopic (exact) mass is 472 g/mol. The lowest BCUT2D eigenvalue weighted by molar-refractivity contribution is -0.122. The van der Waals surface area contributed by atoms with Gasteiger partial charge in [0.1, 0.15) is 0 Å². The van der Waals surface area contributed by atoms with Crippen molar-refractivity contribution in [1.82, 2.24) is 19.8 Å². The lowest BCUT2D eigenvalue weighted by atomic mass is 9.79. The molecule has 1 aliphatic heterocycles. The first kappa shape index (κ1) is 24.5. The van der Waals surface area contributed by atoms with Crippen LogP contribution in [0.25, 0.3) is 10.9 Å². The summed E-state index contributed by atoms with van der Waals surface area (Å²) in [5, 5.41) is 3.66. The van der Waals surface area contributed by atoms with E-state index < -0.39 is 0 Å². The number of aromatic nitrogens is 2. The van der Waals surface area contributed by atoms with E-state index in [1.165, 1.54) is 32.7 Å². The number of nitrogens with zero attached hydrogens (tertiary/aromatic N) is 3. The van der Waals surface area contributed by atoms with Crippen LogP contribution in [0.1, 0.15) is 44.9 Å². The van der Waals surface area contributed by atoms with E-state index in [-0.39, 0.29) is 17.0 Å². The van der Waals surface area contributed by atoms with Crippen LogP contribution in [0.3, 0.4) is 0 Å². The molecular weight excluding hydrogens is 436 g/mol. The molecule has 1 aromatic heterocycles. The molecule has 0 bridgehead atoms. The van der Waals surface area contributed by atoms with Crippen molar-refractivity contribution in [1.29, 1.82) is 0 Å². The van der Waals surface area contributed by atoms with E-state index in [4.69, 9.17) is 14.2 Å². The van der Waals surface area contributed by atoms with Gasteiger partial charge in [0.25, 0.3) is 5.56 Å². The molecule has 1 amide bonds. The van der Waals surface area contributed by atoms with E-state index in [1.807, 2.05) is 0 Å². The van der Waals surface area contributed by atoms with E-state index in [1.54, 1.807) is 23.8 Å². The maximum absolute atomic E-state index is 12.9. The van der Waals surface area contributed by atoms with Crippen molar-refractivity contribution in [2.24, 2.45) is 0 Å². The molecule has 1 saturated carbocycles. The van der Waals surface area contributed by atoms with Crippen molar-refractivity contribution in [2.45, 2.75) is 57.0 Å². The van der Waals surface area contributed by atoms with Crippen LogP contribution in [0, 0.1) is 0 Å². The molecule has 0 atom stereocenters. The van der Waals surface area contributed by atoms with Crippen LogP contribution in [0.4, 0.5) is 0 Å². The van der Waals surface area contributed by atoms with Gasteiger partial charge in [0.05, 0.1) is 44.7 Å². The normalized spacial score (nSPS) is 18.5. The Balaban J connectivity index is 1.34. The zero-order valence-electron chi connectivity index (χ0n) is 20.3. The second kappa shape index (κ2) is 11.2. The highest BCUT2D eigenvalue weighted by Crippen LogP contribution is 2.34. The molecule has 186 valence electrons. The minimum atomic E-state index is -0.153. The Morgan fingerprint density at radius 1 is 1.12 bits per heavy atom. The quantitative estimate of drug-likeness (QED) is 0.599. The molecule has 34 heavy (non-hydrogen) atoms. The smallest absolute Gasteiger partial charge is 0.261 e. The Hall–Kier alpha value is -2.65. The largest absolute Gasteiger partial charge is 0.493 e. The molecular formula is C25H36N4O5. The van der Waals surface area contributed by atoms with Crippen LogP contribution in [0.2, 0.25) is 0 Å². The molecule has 2 fully saturated rings. The number of hydrogen-bond donors (Lipinski definition) is 1. The van der Waals surface area contributed by atoms with Crippen molar-refractivity contribution < 1.29 is 19.0 Å². The zero-order chi connectivity index (χ0) is 24.0. The highest BCUT2D eigenvalue weighted by Gasteiger charge is 2.38. The summed E-state index contributed by atoms with van der Waals surface area (Å²) < 4.78 is 17.7. The van der Waals surface area contributed by atoms with Crippen LogP contribution >= 0.6 is 0 Å². The van der Waals surface area contributed by atoms with Gasteiger partial charge in [0.15, 0.2) is 11.5 Å². The standard InChI is InChI=1S/C25H36N4O5/c1-32-21-15-19-20(16-22(21)33-2)27-18-28(24(19)31)10-6-7-23(30)26-17-25(8-4-3-5-9-25)29-11-13-34-14-12-29/h15-16,18H,3-14,17H2,1-2H3,(H,26,30). The third-order valence-corrected chi connectivity index (χ3v) is 7.21. The number of ether oxygens (including phenoxy) is 3. The molecule has 1 aliphatic carbocycles. The van der Waals surface area contributed by atoms with E-state index >= 15 is 0 Å². The Bertz CT molecular complexity index is 1040. The second-order valence-corrected chi connectivity index (χ2v) is 9.23. The minimum absolute atomic E-state index is 0.0337. The number of amides is 1. The van der Waals surface area contributed by atoms with Crippen molar-refractivity contribution >= 4 is 16.8 Å². The number of hydrogen-bond acceptors (Lipinski definition) is 7. The molecule has 1 N–H and O–H groups in total. The van der Waals surface area contributed by atoms with Gasteiger partial charge in [-0.3, -0.25) is 19.1 Å². The summed E-state index contributed by atoms with van der Waals surface area (Å²) in [5.41, 5.74) is 0.453. The molecule has 9 heteroatoms. The Labute approximate surface area is 200 Å². The SMILES string of the molecule is COc1cc2ncn(CCCC(=O)NCC3(N4CCOCC4)CCCCC3)c(=O)c2cc1OC. The summed E-state index contributed by atoms with van der Waals surface area (Å²) in [6, 6.07) is 3.35. The fourth-order valence-corrected chi connectivity index (χ4v) is 5.26. The second-order valence-electron chi connectivity index (χ2n) is 9.23. The fourth-order valence-electron chi connectivity index (χ4n) is 5.26. The predicted molar refractivity (Wildman–Crippen MR) is 130 cm³/mol. The molecule has 2 heterocycles. The van der Waals surface area contributed by atoms with E-state index in [0.29, 0.717) is 48.3 Å². The first-order valence-electron chi connectivity index (χ1n) is 12.3. The third-order valence-electron chi connectivity index (χ3n) is 7.21. The van der Waals surface area contributed by atoms with Gasteiger partial charge >= 0.3 is 0 Å². The number of carbonyl (C=O) groups excluding carboxylic acids is 1. The number of morpholine rings is 1. The lowest BCUT2D eigenvalue weighted by Gasteiger charge is -2.48. The topological polar surface area (TPSA) is 94.9 Å². The fraction of sp³-hybridized carbons (Fsp3) is 0.640. The molecule has 1 aromatic carbocycles. The molecule has 0 unspecified atom stereocenters. The Kier molecular flexibility index (Phi) is 8.05. The summed E-state index contributed by atoms with van der Waals surface area (Å²) in [6.45, 7) is 4.52. The molecule has 1 saturated heterocycles. The average molecular weight is 473 g/mol. The molecule has 0 spiro atoms. The molecule has 4 rings (SSSR count).